The molecule has 35 heavy (non-hydrogen) atoms. The first-order valence-electron chi connectivity index (χ1n) is 11.5. The summed E-state index contributed by atoms with van der Waals surface area (Å²) in [5.74, 6) is 1.17. The number of carbonyl (C=O) groups excluding carboxylic acids is 1. The number of rotatable bonds is 7. The highest BCUT2D eigenvalue weighted by atomic mass is 32.2. The van der Waals surface area contributed by atoms with Crippen LogP contribution in [0.25, 0.3) is 0 Å². The van der Waals surface area contributed by atoms with Gasteiger partial charge in [-0.3, -0.25) is 9.10 Å². The lowest BCUT2D eigenvalue weighted by atomic mass is 10.1. The second-order valence-corrected chi connectivity index (χ2v) is 10.7. The molecule has 0 radical (unpaired) electrons. The molecule has 0 saturated carbocycles. The highest BCUT2D eigenvalue weighted by Gasteiger charge is 2.22. The van der Waals surface area contributed by atoms with Gasteiger partial charge in [-0.2, -0.15) is 0 Å². The standard InChI is InChI=1S/C27H30N2O5S/c1-18-6-5-7-19(2)26(18)29(35(4,31)32)17-21-8-10-22(11-9-21)27(30)28-20(3)23-12-13-24-25(16-23)34-15-14-33-24/h5-13,16,20H,14-15,17H2,1-4H3,(H,28,30)/t20-/m1/s1. The SMILES string of the molecule is Cc1cccc(C)c1N(Cc1ccc(C(=O)N[C@H](C)c2ccc3c(c2)OCCO3)cc1)S(C)(=O)=O. The van der Waals surface area contributed by atoms with Crippen molar-refractivity contribution in [2.45, 2.75) is 33.4 Å². The lowest BCUT2D eigenvalue weighted by molar-refractivity contribution is 0.0939. The number of nitrogens with zero attached hydrogens (tertiary/aromatic N) is 1. The minimum absolute atomic E-state index is 0.181. The highest BCUT2D eigenvalue weighted by molar-refractivity contribution is 7.92. The predicted octanol–water partition coefficient (Wildman–Crippen LogP) is 4.53. The van der Waals surface area contributed by atoms with Crippen molar-refractivity contribution in [1.82, 2.24) is 5.32 Å². The summed E-state index contributed by atoms with van der Waals surface area (Å²) < 4.78 is 37.8. The molecule has 1 amide bonds. The summed E-state index contributed by atoms with van der Waals surface area (Å²) >= 11 is 0. The smallest absolute Gasteiger partial charge is 0.251 e. The molecule has 7 nitrogen and oxygen atoms in total. The van der Waals surface area contributed by atoms with Crippen molar-refractivity contribution in [3.8, 4) is 11.5 Å². The van der Waals surface area contributed by atoms with Crippen molar-refractivity contribution < 1.29 is 22.7 Å². The number of hydrogen-bond donors (Lipinski definition) is 1. The lowest BCUT2D eigenvalue weighted by Gasteiger charge is -2.26. The van der Waals surface area contributed by atoms with E-state index in [0.29, 0.717) is 36.0 Å². The van der Waals surface area contributed by atoms with Crippen molar-refractivity contribution in [3.63, 3.8) is 0 Å². The Morgan fingerprint density at radius 3 is 2.23 bits per heavy atom. The van der Waals surface area contributed by atoms with E-state index in [4.69, 9.17) is 9.47 Å². The number of para-hydroxylation sites is 1. The normalized spacial score (nSPS) is 13.7. The first kappa shape index (κ1) is 24.6. The molecule has 1 N–H and O–H groups in total. The molecule has 3 aromatic rings. The number of ether oxygens (including phenoxy) is 2. The lowest BCUT2D eigenvalue weighted by Crippen LogP contribution is -2.30. The minimum Gasteiger partial charge on any atom is -0.486 e. The van der Waals surface area contributed by atoms with Gasteiger partial charge in [-0.05, 0) is 67.3 Å². The number of nitrogens with one attached hydrogen (secondary N) is 1. The van der Waals surface area contributed by atoms with E-state index in [1.165, 1.54) is 10.6 Å². The summed E-state index contributed by atoms with van der Waals surface area (Å²) in [6.45, 7) is 6.92. The van der Waals surface area contributed by atoms with Crippen LogP contribution in [0, 0.1) is 13.8 Å². The van der Waals surface area contributed by atoms with Crippen LogP contribution in [-0.2, 0) is 16.6 Å². The van der Waals surface area contributed by atoms with Crippen molar-refractivity contribution in [1.29, 1.82) is 0 Å². The van der Waals surface area contributed by atoms with Crippen LogP contribution in [-0.4, -0.2) is 33.8 Å². The third-order valence-electron chi connectivity index (χ3n) is 6.05. The maximum absolute atomic E-state index is 12.8. The van der Waals surface area contributed by atoms with Crippen LogP contribution in [0.4, 0.5) is 5.69 Å². The Morgan fingerprint density at radius 1 is 0.971 bits per heavy atom. The molecule has 1 aliphatic heterocycles. The Labute approximate surface area is 206 Å². The van der Waals surface area contributed by atoms with E-state index >= 15 is 0 Å². The van der Waals surface area contributed by atoms with Crippen LogP contribution in [0.5, 0.6) is 11.5 Å². The van der Waals surface area contributed by atoms with Gasteiger partial charge in [0.2, 0.25) is 10.0 Å². The second kappa shape index (κ2) is 10.00. The van der Waals surface area contributed by atoms with Crippen LogP contribution in [0.1, 0.15) is 45.6 Å². The number of aryl methyl sites for hydroxylation is 2. The van der Waals surface area contributed by atoms with Crippen LogP contribution >= 0.6 is 0 Å². The van der Waals surface area contributed by atoms with E-state index in [1.807, 2.05) is 57.2 Å². The van der Waals surface area contributed by atoms with Gasteiger partial charge >= 0.3 is 0 Å². The Hall–Kier alpha value is -3.52. The maximum Gasteiger partial charge on any atom is 0.251 e. The topological polar surface area (TPSA) is 84.9 Å². The van der Waals surface area contributed by atoms with Crippen LogP contribution in [0.3, 0.4) is 0 Å². The van der Waals surface area contributed by atoms with Gasteiger partial charge in [-0.1, -0.05) is 36.4 Å². The molecule has 1 atom stereocenters. The Bertz CT molecular complexity index is 1320. The van der Waals surface area contributed by atoms with Crippen molar-refractivity contribution in [2.24, 2.45) is 0 Å². The molecule has 8 heteroatoms. The Balaban J connectivity index is 1.47. The third kappa shape index (κ3) is 5.59. The van der Waals surface area contributed by atoms with Gasteiger partial charge in [0.05, 0.1) is 24.5 Å². The first-order valence-corrected chi connectivity index (χ1v) is 13.3. The minimum atomic E-state index is -3.51. The van der Waals surface area contributed by atoms with Crippen LogP contribution in [0.15, 0.2) is 60.7 Å². The molecular weight excluding hydrogens is 464 g/mol. The number of amides is 1. The molecule has 4 rings (SSSR count). The molecule has 1 aliphatic rings. The molecule has 0 aromatic heterocycles. The Kier molecular flexibility index (Phi) is 7.03. The van der Waals surface area contributed by atoms with E-state index < -0.39 is 10.0 Å². The maximum atomic E-state index is 12.8. The fourth-order valence-electron chi connectivity index (χ4n) is 4.18. The molecule has 0 bridgehead atoms. The summed E-state index contributed by atoms with van der Waals surface area (Å²) in [6, 6.07) is 18.1. The fourth-order valence-corrected chi connectivity index (χ4v) is 5.18. The largest absolute Gasteiger partial charge is 0.486 e. The third-order valence-corrected chi connectivity index (χ3v) is 7.16. The summed E-state index contributed by atoms with van der Waals surface area (Å²) in [5.41, 5.74) is 4.66. The molecule has 3 aromatic carbocycles. The molecule has 0 fully saturated rings. The molecule has 184 valence electrons. The van der Waals surface area contributed by atoms with Gasteiger partial charge in [0.1, 0.15) is 13.2 Å². The molecule has 1 heterocycles. The first-order chi connectivity index (χ1) is 16.6. The summed E-state index contributed by atoms with van der Waals surface area (Å²) in [7, 11) is -3.51. The van der Waals surface area contributed by atoms with Crippen molar-refractivity contribution in [3.05, 3.63) is 88.5 Å². The summed E-state index contributed by atoms with van der Waals surface area (Å²) in [4.78, 5) is 12.8. The molecule has 0 saturated heterocycles. The zero-order valence-corrected chi connectivity index (χ0v) is 21.2. The van der Waals surface area contributed by atoms with E-state index in [-0.39, 0.29) is 18.5 Å². The average molecular weight is 495 g/mol. The number of fused-ring (bicyclic) bond motifs is 1. The van der Waals surface area contributed by atoms with E-state index in [2.05, 4.69) is 5.32 Å². The number of hydrogen-bond acceptors (Lipinski definition) is 5. The van der Waals surface area contributed by atoms with Gasteiger partial charge in [-0.15, -0.1) is 0 Å². The van der Waals surface area contributed by atoms with E-state index in [1.54, 1.807) is 24.3 Å². The zero-order valence-electron chi connectivity index (χ0n) is 20.4. The molecule has 0 spiro atoms. The average Bonchev–Trinajstić information content (AvgIpc) is 2.82. The summed E-state index contributed by atoms with van der Waals surface area (Å²) in [5, 5.41) is 3.00. The summed E-state index contributed by atoms with van der Waals surface area (Å²) in [6.07, 6.45) is 1.21. The van der Waals surface area contributed by atoms with Crippen LogP contribution < -0.4 is 19.1 Å². The van der Waals surface area contributed by atoms with E-state index in [0.717, 1.165) is 22.3 Å². The van der Waals surface area contributed by atoms with Crippen molar-refractivity contribution in [2.75, 3.05) is 23.8 Å². The number of carbonyl (C=O) groups is 1. The number of benzene rings is 3. The number of anilines is 1. The second-order valence-electron chi connectivity index (χ2n) is 8.81. The van der Waals surface area contributed by atoms with E-state index in [9.17, 15) is 13.2 Å². The Morgan fingerprint density at radius 2 is 1.60 bits per heavy atom. The van der Waals surface area contributed by atoms with Gasteiger partial charge in [-0.25, -0.2) is 8.42 Å². The number of sulfonamides is 1. The molecular formula is C27H30N2O5S. The monoisotopic (exact) mass is 494 g/mol. The van der Waals surface area contributed by atoms with Gasteiger partial charge in [0.15, 0.2) is 11.5 Å². The molecule has 0 aliphatic carbocycles. The van der Waals surface area contributed by atoms with Crippen LogP contribution in [0.2, 0.25) is 0 Å². The quantitative estimate of drug-likeness (QED) is 0.522. The fraction of sp³-hybridized carbons (Fsp3) is 0.296. The molecule has 0 unspecified atom stereocenters. The van der Waals surface area contributed by atoms with Gasteiger partial charge in [0.25, 0.3) is 5.91 Å². The highest BCUT2D eigenvalue weighted by Crippen LogP contribution is 2.33. The van der Waals surface area contributed by atoms with Crippen molar-refractivity contribution >= 4 is 21.6 Å². The van der Waals surface area contributed by atoms with Gasteiger partial charge < -0.3 is 14.8 Å². The predicted molar refractivity (Wildman–Crippen MR) is 137 cm³/mol. The van der Waals surface area contributed by atoms with Gasteiger partial charge in [0, 0.05) is 5.56 Å². The zero-order chi connectivity index (χ0) is 25.2.